The number of anilines is 1. The summed E-state index contributed by atoms with van der Waals surface area (Å²) in [4.78, 5) is 29.8. The van der Waals surface area contributed by atoms with E-state index in [4.69, 9.17) is 9.47 Å². The minimum Gasteiger partial charge on any atom is -0.485 e. The van der Waals surface area contributed by atoms with Crippen LogP contribution in [0.4, 0.5) is 5.69 Å². The molecule has 0 radical (unpaired) electrons. The van der Waals surface area contributed by atoms with Gasteiger partial charge in [0.2, 0.25) is 0 Å². The summed E-state index contributed by atoms with van der Waals surface area (Å²) in [5, 5.41) is 2.89. The number of fused-ring (bicyclic) bond motifs is 1. The fraction of sp³-hybridized carbons (Fsp3) is 0.192. The van der Waals surface area contributed by atoms with Crippen LogP contribution in [0, 0.1) is 6.92 Å². The molecule has 7 nitrogen and oxygen atoms in total. The van der Waals surface area contributed by atoms with Crippen molar-refractivity contribution in [3.63, 3.8) is 0 Å². The predicted octanol–water partition coefficient (Wildman–Crippen LogP) is 4.38. The van der Waals surface area contributed by atoms with Crippen molar-refractivity contribution < 1.29 is 14.3 Å². The molecule has 168 valence electrons. The van der Waals surface area contributed by atoms with E-state index in [1.165, 1.54) is 10.5 Å². The third-order valence-electron chi connectivity index (χ3n) is 5.07. The number of carbonyl (C=O) groups excluding carboxylic acids is 1. The number of pyridine rings is 1. The maximum absolute atomic E-state index is 12.8. The largest absolute Gasteiger partial charge is 0.485 e. The minimum absolute atomic E-state index is 0.0875. The summed E-state index contributed by atoms with van der Waals surface area (Å²) in [5.74, 6) is 0.842. The fourth-order valence-corrected chi connectivity index (χ4v) is 3.38. The van der Waals surface area contributed by atoms with Gasteiger partial charge < -0.3 is 14.8 Å². The van der Waals surface area contributed by atoms with Crippen molar-refractivity contribution in [3.8, 4) is 11.5 Å². The van der Waals surface area contributed by atoms with Crippen LogP contribution in [-0.4, -0.2) is 21.4 Å². The number of nitrogens with zero attached hydrogens (tertiary/aromatic N) is 2. The first kappa shape index (κ1) is 22.1. The summed E-state index contributed by atoms with van der Waals surface area (Å²) in [7, 11) is 0. The molecule has 0 aliphatic rings. The Hall–Kier alpha value is -4.13. The number of aromatic nitrogens is 2. The molecular formula is C26H25N3O4. The SMILES string of the molecule is CC[C@H](Oc1ccccc1)C(=O)Nc1ccccc1OCc1cc(=O)n2cc(C)ccc2n1. The van der Waals surface area contributed by atoms with Gasteiger partial charge in [-0.25, -0.2) is 4.98 Å². The lowest BCUT2D eigenvalue weighted by Crippen LogP contribution is -2.32. The van der Waals surface area contributed by atoms with Gasteiger partial charge in [-0.1, -0.05) is 43.3 Å². The number of aryl methyl sites for hydroxylation is 1. The Morgan fingerprint density at radius 1 is 1.06 bits per heavy atom. The van der Waals surface area contributed by atoms with Crippen molar-refractivity contribution in [2.45, 2.75) is 33.0 Å². The van der Waals surface area contributed by atoms with Crippen molar-refractivity contribution in [2.75, 3.05) is 5.32 Å². The third-order valence-corrected chi connectivity index (χ3v) is 5.07. The van der Waals surface area contributed by atoms with Crippen LogP contribution in [0.25, 0.3) is 5.65 Å². The first-order valence-electron chi connectivity index (χ1n) is 10.8. The van der Waals surface area contributed by atoms with Crippen molar-refractivity contribution >= 4 is 17.2 Å². The van der Waals surface area contributed by atoms with Gasteiger partial charge >= 0.3 is 0 Å². The first-order valence-corrected chi connectivity index (χ1v) is 10.8. The molecule has 33 heavy (non-hydrogen) atoms. The highest BCUT2D eigenvalue weighted by molar-refractivity contribution is 5.95. The highest BCUT2D eigenvalue weighted by atomic mass is 16.5. The molecule has 2 aromatic carbocycles. The highest BCUT2D eigenvalue weighted by Crippen LogP contribution is 2.25. The van der Waals surface area contributed by atoms with Crippen LogP contribution in [0.5, 0.6) is 11.5 Å². The van der Waals surface area contributed by atoms with Gasteiger partial charge in [0.1, 0.15) is 23.8 Å². The van der Waals surface area contributed by atoms with Crippen molar-refractivity contribution in [1.82, 2.24) is 9.38 Å². The Morgan fingerprint density at radius 3 is 2.61 bits per heavy atom. The smallest absolute Gasteiger partial charge is 0.265 e. The van der Waals surface area contributed by atoms with Crippen molar-refractivity contribution in [1.29, 1.82) is 0 Å². The van der Waals surface area contributed by atoms with Gasteiger partial charge in [-0.2, -0.15) is 0 Å². The van der Waals surface area contributed by atoms with Gasteiger partial charge in [0.25, 0.3) is 11.5 Å². The van der Waals surface area contributed by atoms with Crippen LogP contribution in [-0.2, 0) is 11.4 Å². The minimum atomic E-state index is -0.647. The molecule has 0 unspecified atom stereocenters. The number of para-hydroxylation sites is 3. The van der Waals surface area contributed by atoms with E-state index in [-0.39, 0.29) is 18.1 Å². The third kappa shape index (κ3) is 5.38. The molecule has 0 aliphatic carbocycles. The summed E-state index contributed by atoms with van der Waals surface area (Å²) < 4.78 is 13.3. The molecule has 1 atom stereocenters. The molecule has 0 saturated heterocycles. The standard InChI is InChI=1S/C26H25N3O4/c1-3-22(33-20-9-5-4-6-10-20)26(31)28-21-11-7-8-12-23(21)32-17-19-15-25(30)29-16-18(2)13-14-24(29)27-19/h4-16,22H,3,17H2,1-2H3,(H,28,31)/t22-/m0/s1. The molecule has 7 heteroatoms. The number of hydrogen-bond donors (Lipinski definition) is 1. The van der Waals surface area contributed by atoms with Crippen LogP contribution in [0.1, 0.15) is 24.6 Å². The second-order valence-electron chi connectivity index (χ2n) is 7.62. The molecule has 0 bridgehead atoms. The Balaban J connectivity index is 1.47. The Kier molecular flexibility index (Phi) is 6.69. The van der Waals surface area contributed by atoms with E-state index in [1.807, 2.05) is 62.4 Å². The molecule has 4 aromatic rings. The van der Waals surface area contributed by atoms with Gasteiger partial charge in [-0.3, -0.25) is 14.0 Å². The second kappa shape index (κ2) is 9.99. The number of amides is 1. The molecule has 4 rings (SSSR count). The highest BCUT2D eigenvalue weighted by Gasteiger charge is 2.20. The molecular weight excluding hydrogens is 418 g/mol. The Labute approximate surface area is 191 Å². The summed E-state index contributed by atoms with van der Waals surface area (Å²) in [5.41, 5.74) is 2.38. The van der Waals surface area contributed by atoms with Crippen LogP contribution in [0.2, 0.25) is 0 Å². The predicted molar refractivity (Wildman–Crippen MR) is 127 cm³/mol. The molecule has 0 spiro atoms. The molecule has 0 aliphatic heterocycles. The first-order chi connectivity index (χ1) is 16.0. The zero-order valence-corrected chi connectivity index (χ0v) is 18.5. The molecule has 2 aromatic heterocycles. The maximum Gasteiger partial charge on any atom is 0.265 e. The van der Waals surface area contributed by atoms with Gasteiger partial charge in [0.15, 0.2) is 6.10 Å². The summed E-state index contributed by atoms with van der Waals surface area (Å²) in [6.45, 7) is 3.90. The Morgan fingerprint density at radius 2 is 1.82 bits per heavy atom. The van der Waals surface area contributed by atoms with E-state index in [1.54, 1.807) is 24.4 Å². The lowest BCUT2D eigenvalue weighted by atomic mass is 10.2. The van der Waals surface area contributed by atoms with E-state index < -0.39 is 6.10 Å². The molecule has 2 heterocycles. The van der Waals surface area contributed by atoms with Gasteiger partial charge in [0, 0.05) is 12.3 Å². The average Bonchev–Trinajstić information content (AvgIpc) is 2.83. The van der Waals surface area contributed by atoms with Crippen LogP contribution in [0.3, 0.4) is 0 Å². The molecule has 1 N–H and O–H groups in total. The van der Waals surface area contributed by atoms with E-state index in [0.717, 1.165) is 5.56 Å². The van der Waals surface area contributed by atoms with E-state index in [0.29, 0.717) is 34.9 Å². The average molecular weight is 444 g/mol. The van der Waals surface area contributed by atoms with E-state index in [2.05, 4.69) is 10.3 Å². The lowest BCUT2D eigenvalue weighted by molar-refractivity contribution is -0.122. The fourth-order valence-electron chi connectivity index (χ4n) is 3.38. The van der Waals surface area contributed by atoms with Gasteiger partial charge in [-0.15, -0.1) is 0 Å². The van der Waals surface area contributed by atoms with Crippen LogP contribution in [0.15, 0.2) is 83.8 Å². The number of carbonyl (C=O) groups is 1. The second-order valence-corrected chi connectivity index (χ2v) is 7.62. The van der Waals surface area contributed by atoms with Crippen molar-refractivity contribution in [3.05, 3.63) is 101 Å². The van der Waals surface area contributed by atoms with Gasteiger partial charge in [0.05, 0.1) is 11.4 Å². The zero-order chi connectivity index (χ0) is 23.2. The van der Waals surface area contributed by atoms with Gasteiger partial charge in [-0.05, 0) is 49.2 Å². The Bertz CT molecular complexity index is 1320. The molecule has 1 amide bonds. The van der Waals surface area contributed by atoms with E-state index in [9.17, 15) is 9.59 Å². The number of rotatable bonds is 8. The number of benzene rings is 2. The normalized spacial score (nSPS) is 11.7. The number of hydrogen-bond acceptors (Lipinski definition) is 5. The monoisotopic (exact) mass is 443 g/mol. The molecule has 0 saturated carbocycles. The van der Waals surface area contributed by atoms with Crippen molar-refractivity contribution in [2.24, 2.45) is 0 Å². The summed E-state index contributed by atoms with van der Waals surface area (Å²) in [6.07, 6.45) is 1.61. The lowest BCUT2D eigenvalue weighted by Gasteiger charge is -2.18. The topological polar surface area (TPSA) is 81.9 Å². The number of ether oxygens (including phenoxy) is 2. The summed E-state index contributed by atoms with van der Waals surface area (Å²) >= 11 is 0. The summed E-state index contributed by atoms with van der Waals surface area (Å²) in [6, 6.07) is 21.5. The molecule has 0 fully saturated rings. The maximum atomic E-state index is 12.8. The van der Waals surface area contributed by atoms with Crippen LogP contribution >= 0.6 is 0 Å². The number of nitrogens with one attached hydrogen (secondary N) is 1. The quantitative estimate of drug-likeness (QED) is 0.437. The zero-order valence-electron chi connectivity index (χ0n) is 18.5. The van der Waals surface area contributed by atoms with E-state index >= 15 is 0 Å². The van der Waals surface area contributed by atoms with Crippen LogP contribution < -0.4 is 20.3 Å².